The third-order valence-corrected chi connectivity index (χ3v) is 13.9. The predicted molar refractivity (Wildman–Crippen MR) is 289 cm³/mol. The first kappa shape index (κ1) is 58.1. The van der Waals surface area contributed by atoms with Crippen LogP contribution in [0.15, 0.2) is 195 Å². The molecule has 16 nitrogen and oxygen atoms in total. The largest absolute Gasteiger partial charge is 0.385 e. The van der Waals surface area contributed by atoms with Gasteiger partial charge in [0.2, 0.25) is 0 Å². The van der Waals surface area contributed by atoms with Crippen molar-refractivity contribution in [3.05, 3.63) is 228 Å². The molecule has 0 aliphatic carbocycles. The van der Waals surface area contributed by atoms with E-state index in [0.29, 0.717) is 0 Å². The van der Waals surface area contributed by atoms with Gasteiger partial charge in [-0.25, -0.2) is 0 Å². The number of rotatable bonds is 28. The lowest BCUT2D eigenvalue weighted by Gasteiger charge is -2.50. The summed E-state index contributed by atoms with van der Waals surface area (Å²) in [5.41, 5.74) is 5.27. The van der Waals surface area contributed by atoms with Crippen LogP contribution in [-0.4, -0.2) is 139 Å². The zero-order chi connectivity index (χ0) is 54.6. The standard InChI is InChI=1S/C63H72O16/c1-2-33-71-58-53(65)62(76-50(41-69-35-44-23-11-4-12-24-44)55(58)72-37-46-27-15-6-16-28-46)79-60-54(66)63(77-51(42-70-36-45-25-13-5-14-26-45)57(60)74-39-48-31-19-8-20-32-48)78-59-52(64)61(67)75-49(40-68-34-43-21-9-3-10-22-43)56(59)73-38-47-29-17-7-18-30-47/h2-32,49-67H,1,33-42H2/t49?,50?,51?,52?,53?,54?,55-,56-,57-,58-,59-,60-,61-,62+,63+/m1/s1. The molecule has 3 heterocycles. The molecule has 0 amide bonds. The van der Waals surface area contributed by atoms with E-state index < -0.39 is 92.1 Å². The minimum absolute atomic E-state index is 0.00853. The fourth-order valence-electron chi connectivity index (χ4n) is 9.82. The van der Waals surface area contributed by atoms with Crippen molar-refractivity contribution in [3.8, 4) is 0 Å². The van der Waals surface area contributed by atoms with Crippen molar-refractivity contribution in [3.63, 3.8) is 0 Å². The summed E-state index contributed by atoms with van der Waals surface area (Å²) < 4.78 is 78.2. The van der Waals surface area contributed by atoms with Crippen molar-refractivity contribution in [1.29, 1.82) is 0 Å². The quantitative estimate of drug-likeness (QED) is 0.0368. The first-order chi connectivity index (χ1) is 38.8. The fraction of sp³-hybridized carbons (Fsp3) is 0.397. The molecular formula is C63H72O16. The third kappa shape index (κ3) is 16.5. The number of hydrogen-bond donors (Lipinski definition) is 4. The molecule has 0 saturated carbocycles. The second-order valence-electron chi connectivity index (χ2n) is 19.7. The normalized spacial score (nSPS) is 29.0. The van der Waals surface area contributed by atoms with Gasteiger partial charge in [-0.15, -0.1) is 6.58 Å². The highest BCUT2D eigenvalue weighted by Crippen LogP contribution is 2.36. The van der Waals surface area contributed by atoms with E-state index in [0.717, 1.165) is 33.4 Å². The summed E-state index contributed by atoms with van der Waals surface area (Å²) in [5.74, 6) is 0. The van der Waals surface area contributed by atoms with E-state index >= 15 is 0 Å². The van der Waals surface area contributed by atoms with Crippen LogP contribution in [0.1, 0.15) is 33.4 Å². The Morgan fingerprint density at radius 3 is 0.975 bits per heavy atom. The zero-order valence-electron chi connectivity index (χ0n) is 44.0. The SMILES string of the molecule is C=CCO[C@@H]1C(O)[C@H](O[C@@H]2C(O)[C@H](O[C@@H]3C(O)[C@H](O)OC(COCc4ccccc4)[C@H]3OCc3ccccc3)OC(COCc3ccccc3)[C@H]2OCc2ccccc2)OC(COCc2ccccc2)[C@H]1OCc1ccccc1. The molecule has 4 N–H and O–H groups in total. The molecular weight excluding hydrogens is 1010 g/mol. The molecule has 6 unspecified atom stereocenters. The fourth-order valence-corrected chi connectivity index (χ4v) is 9.82. The van der Waals surface area contributed by atoms with Gasteiger partial charge in [-0.2, -0.15) is 0 Å². The van der Waals surface area contributed by atoms with E-state index in [1.165, 1.54) is 0 Å². The maximum Gasteiger partial charge on any atom is 0.187 e. The van der Waals surface area contributed by atoms with Gasteiger partial charge in [0.15, 0.2) is 18.9 Å². The van der Waals surface area contributed by atoms with Gasteiger partial charge < -0.3 is 77.3 Å². The highest BCUT2D eigenvalue weighted by molar-refractivity contribution is 5.18. The predicted octanol–water partition coefficient (Wildman–Crippen LogP) is 6.98. The zero-order valence-corrected chi connectivity index (χ0v) is 44.0. The van der Waals surface area contributed by atoms with E-state index in [1.54, 1.807) is 6.08 Å². The van der Waals surface area contributed by atoms with E-state index in [4.69, 9.17) is 56.8 Å². The molecule has 3 fully saturated rings. The van der Waals surface area contributed by atoms with E-state index in [9.17, 15) is 20.4 Å². The molecule has 16 heteroatoms. The monoisotopic (exact) mass is 1080 g/mol. The van der Waals surface area contributed by atoms with Gasteiger partial charge in [-0.1, -0.05) is 188 Å². The number of benzene rings is 6. The molecule has 3 saturated heterocycles. The molecule has 0 radical (unpaired) electrons. The maximum absolute atomic E-state index is 12.9. The summed E-state index contributed by atoms with van der Waals surface area (Å²) in [5, 5.41) is 48.6. The highest BCUT2D eigenvalue weighted by Gasteiger charge is 2.55. The topological polar surface area (TPSA) is 192 Å². The molecule has 9 rings (SSSR count). The van der Waals surface area contributed by atoms with Crippen LogP contribution in [0, 0.1) is 0 Å². The lowest BCUT2D eigenvalue weighted by Crippen LogP contribution is -2.67. The van der Waals surface area contributed by atoms with Gasteiger partial charge in [0.1, 0.15) is 73.2 Å². The van der Waals surface area contributed by atoms with Gasteiger partial charge in [-0.05, 0) is 33.4 Å². The van der Waals surface area contributed by atoms with Gasteiger partial charge >= 0.3 is 0 Å². The summed E-state index contributed by atoms with van der Waals surface area (Å²) in [6.45, 7) is 4.68. The van der Waals surface area contributed by atoms with E-state index in [1.807, 2.05) is 182 Å². The summed E-state index contributed by atoms with van der Waals surface area (Å²) >= 11 is 0. The van der Waals surface area contributed by atoms with Crippen LogP contribution >= 0.6 is 0 Å². The van der Waals surface area contributed by atoms with Crippen LogP contribution in [0.25, 0.3) is 0 Å². The van der Waals surface area contributed by atoms with Gasteiger partial charge in [0.25, 0.3) is 0 Å². The van der Waals surface area contributed by atoms with Crippen LogP contribution in [-0.2, 0) is 96.5 Å². The first-order valence-electron chi connectivity index (χ1n) is 26.8. The third-order valence-electron chi connectivity index (χ3n) is 13.9. The van der Waals surface area contributed by atoms with E-state index in [2.05, 4.69) is 6.58 Å². The average molecular weight is 1090 g/mol. The number of aliphatic hydroxyl groups is 4. The Morgan fingerprint density at radius 1 is 0.342 bits per heavy atom. The van der Waals surface area contributed by atoms with Crippen molar-refractivity contribution < 1.29 is 77.3 Å². The molecule has 0 bridgehead atoms. The van der Waals surface area contributed by atoms with Crippen LogP contribution in [0.5, 0.6) is 0 Å². The molecule has 420 valence electrons. The Kier molecular flexibility index (Phi) is 22.3. The smallest absolute Gasteiger partial charge is 0.187 e. The van der Waals surface area contributed by atoms with Crippen molar-refractivity contribution in [2.45, 2.75) is 132 Å². The lowest BCUT2D eigenvalue weighted by atomic mass is 9.95. The van der Waals surface area contributed by atoms with Gasteiger partial charge in [-0.3, -0.25) is 0 Å². The summed E-state index contributed by atoms with van der Waals surface area (Å²) in [6, 6.07) is 57.4. The summed E-state index contributed by atoms with van der Waals surface area (Å²) in [6.07, 6.45) is -18.2. The number of ether oxygens (including phenoxy) is 12. The average Bonchev–Trinajstić information content (AvgIpc) is 3.62. The van der Waals surface area contributed by atoms with Crippen molar-refractivity contribution in [1.82, 2.24) is 0 Å². The minimum Gasteiger partial charge on any atom is -0.385 e. The lowest BCUT2D eigenvalue weighted by molar-refractivity contribution is -0.387. The second-order valence-corrected chi connectivity index (χ2v) is 19.7. The maximum atomic E-state index is 12.9. The van der Waals surface area contributed by atoms with Crippen LogP contribution in [0.2, 0.25) is 0 Å². The van der Waals surface area contributed by atoms with Gasteiger partial charge in [0, 0.05) is 0 Å². The van der Waals surface area contributed by atoms with Crippen LogP contribution < -0.4 is 0 Å². The molecule has 3 aliphatic rings. The Bertz CT molecular complexity index is 2630. The van der Waals surface area contributed by atoms with Crippen molar-refractivity contribution in [2.24, 2.45) is 0 Å². The summed E-state index contributed by atoms with van der Waals surface area (Å²) in [4.78, 5) is 0. The Balaban J connectivity index is 1.04. The molecule has 6 aromatic rings. The molecule has 6 aromatic carbocycles. The molecule has 0 spiro atoms. The van der Waals surface area contributed by atoms with Crippen LogP contribution in [0.3, 0.4) is 0 Å². The molecule has 15 atom stereocenters. The van der Waals surface area contributed by atoms with E-state index in [-0.39, 0.29) is 66.1 Å². The highest BCUT2D eigenvalue weighted by atomic mass is 16.8. The van der Waals surface area contributed by atoms with Gasteiger partial charge in [0.05, 0.1) is 66.1 Å². The van der Waals surface area contributed by atoms with Crippen molar-refractivity contribution in [2.75, 3.05) is 26.4 Å². The summed E-state index contributed by atoms with van der Waals surface area (Å²) in [7, 11) is 0. The Labute approximate surface area is 461 Å². The Morgan fingerprint density at radius 2 is 0.633 bits per heavy atom. The second kappa shape index (κ2) is 30.3. The van der Waals surface area contributed by atoms with Crippen LogP contribution in [0.4, 0.5) is 0 Å². The van der Waals surface area contributed by atoms with Crippen molar-refractivity contribution >= 4 is 0 Å². The molecule has 3 aliphatic heterocycles. The molecule has 0 aromatic heterocycles. The molecule has 79 heavy (non-hydrogen) atoms. The number of hydrogen-bond acceptors (Lipinski definition) is 16. The Hall–Kier alpha value is -5.58. The number of aliphatic hydroxyl groups excluding tert-OH is 4. The minimum atomic E-state index is -1.76. The first-order valence-corrected chi connectivity index (χ1v) is 26.8.